The maximum Gasteiger partial charge on any atom is 0.258 e. The standard InChI is InChI=1S/C18H22N4O3/c1-12-20-16-11-22(10-15(16)18(24)21(12)2)17(23)9-13-3-5-14(6-4-13)25-8-7-19/h3-6H,7-11,19H2,1-2H3. The predicted molar refractivity (Wildman–Crippen MR) is 93.2 cm³/mol. The molecule has 3 rings (SSSR count). The molecule has 0 saturated carbocycles. The third-order valence-electron chi connectivity index (χ3n) is 4.40. The minimum atomic E-state index is -0.0702. The van der Waals surface area contributed by atoms with Crippen molar-refractivity contribution in [2.45, 2.75) is 26.4 Å². The van der Waals surface area contributed by atoms with Gasteiger partial charge >= 0.3 is 0 Å². The topological polar surface area (TPSA) is 90.5 Å². The van der Waals surface area contributed by atoms with Gasteiger partial charge in [0.15, 0.2) is 0 Å². The fourth-order valence-corrected chi connectivity index (χ4v) is 2.87. The summed E-state index contributed by atoms with van der Waals surface area (Å²) in [4.78, 5) is 31.0. The van der Waals surface area contributed by atoms with Gasteiger partial charge < -0.3 is 15.4 Å². The lowest BCUT2D eigenvalue weighted by atomic mass is 10.1. The highest BCUT2D eigenvalue weighted by Crippen LogP contribution is 2.20. The third-order valence-corrected chi connectivity index (χ3v) is 4.40. The van der Waals surface area contributed by atoms with Crippen molar-refractivity contribution in [1.29, 1.82) is 0 Å². The zero-order valence-corrected chi connectivity index (χ0v) is 14.5. The summed E-state index contributed by atoms with van der Waals surface area (Å²) in [6.07, 6.45) is 0.282. The molecule has 2 aromatic rings. The molecule has 1 aliphatic heterocycles. The van der Waals surface area contributed by atoms with E-state index in [1.165, 1.54) is 4.57 Å². The quantitative estimate of drug-likeness (QED) is 0.855. The lowest BCUT2D eigenvalue weighted by molar-refractivity contribution is -0.131. The van der Waals surface area contributed by atoms with E-state index in [4.69, 9.17) is 10.5 Å². The Bertz CT molecular complexity index is 843. The van der Waals surface area contributed by atoms with Crippen LogP contribution in [0, 0.1) is 6.92 Å². The number of carbonyl (C=O) groups is 1. The second-order valence-electron chi connectivity index (χ2n) is 6.16. The average molecular weight is 342 g/mol. The van der Waals surface area contributed by atoms with E-state index in [0.717, 1.165) is 11.3 Å². The number of hydrogen-bond donors (Lipinski definition) is 1. The number of aryl methyl sites for hydroxylation is 1. The summed E-state index contributed by atoms with van der Waals surface area (Å²) >= 11 is 0. The molecule has 0 fully saturated rings. The molecule has 1 aliphatic rings. The average Bonchev–Trinajstić information content (AvgIpc) is 3.03. The maximum absolute atomic E-state index is 12.6. The Morgan fingerprint density at radius 2 is 2.00 bits per heavy atom. The van der Waals surface area contributed by atoms with Crippen LogP contribution in [0.2, 0.25) is 0 Å². The van der Waals surface area contributed by atoms with E-state index in [1.807, 2.05) is 24.3 Å². The Balaban J connectivity index is 1.67. The second-order valence-corrected chi connectivity index (χ2v) is 6.16. The van der Waals surface area contributed by atoms with Crippen molar-refractivity contribution < 1.29 is 9.53 Å². The SMILES string of the molecule is Cc1nc2c(c(=O)n1C)CN(C(=O)Cc1ccc(OCCN)cc1)C2. The molecule has 1 aromatic heterocycles. The van der Waals surface area contributed by atoms with Crippen molar-refractivity contribution in [3.63, 3.8) is 0 Å². The molecule has 2 N–H and O–H groups in total. The van der Waals surface area contributed by atoms with Crippen molar-refractivity contribution in [3.05, 3.63) is 57.3 Å². The first-order valence-corrected chi connectivity index (χ1v) is 8.24. The molecule has 2 heterocycles. The zero-order valence-electron chi connectivity index (χ0n) is 14.5. The van der Waals surface area contributed by atoms with E-state index in [2.05, 4.69) is 4.98 Å². The van der Waals surface area contributed by atoms with Crippen molar-refractivity contribution in [2.75, 3.05) is 13.2 Å². The highest BCUT2D eigenvalue weighted by Gasteiger charge is 2.27. The van der Waals surface area contributed by atoms with Crippen LogP contribution in [0.15, 0.2) is 29.1 Å². The van der Waals surface area contributed by atoms with E-state index < -0.39 is 0 Å². The normalized spacial score (nSPS) is 13.0. The summed E-state index contributed by atoms with van der Waals surface area (Å²) < 4.78 is 6.95. The van der Waals surface area contributed by atoms with Crippen LogP contribution in [0.1, 0.15) is 22.6 Å². The van der Waals surface area contributed by atoms with Gasteiger partial charge in [-0.1, -0.05) is 12.1 Å². The molecule has 132 valence electrons. The van der Waals surface area contributed by atoms with Gasteiger partial charge in [-0.2, -0.15) is 0 Å². The monoisotopic (exact) mass is 342 g/mol. The summed E-state index contributed by atoms with van der Waals surface area (Å²) in [7, 11) is 1.70. The molecular weight excluding hydrogens is 320 g/mol. The van der Waals surface area contributed by atoms with Crippen molar-refractivity contribution in [3.8, 4) is 5.75 Å². The Morgan fingerprint density at radius 1 is 1.28 bits per heavy atom. The number of hydrogen-bond acceptors (Lipinski definition) is 5. The summed E-state index contributed by atoms with van der Waals surface area (Å²) in [6.45, 7) is 3.43. The molecule has 0 spiro atoms. The molecule has 1 aromatic carbocycles. The van der Waals surface area contributed by atoms with Gasteiger partial charge in [0.05, 0.1) is 30.8 Å². The second kappa shape index (κ2) is 7.06. The predicted octanol–water partition coefficient (Wildman–Crippen LogP) is 0.511. The Labute approximate surface area is 146 Å². The van der Waals surface area contributed by atoms with Crippen LogP contribution in [-0.2, 0) is 31.4 Å². The minimum Gasteiger partial charge on any atom is -0.492 e. The lowest BCUT2D eigenvalue weighted by Gasteiger charge is -2.15. The summed E-state index contributed by atoms with van der Waals surface area (Å²) in [5.41, 5.74) is 7.56. The first-order valence-electron chi connectivity index (χ1n) is 8.24. The van der Waals surface area contributed by atoms with E-state index >= 15 is 0 Å². The highest BCUT2D eigenvalue weighted by atomic mass is 16.5. The molecule has 0 bridgehead atoms. The number of rotatable bonds is 5. The molecule has 25 heavy (non-hydrogen) atoms. The van der Waals surface area contributed by atoms with Gasteiger partial charge in [0.1, 0.15) is 18.2 Å². The molecule has 0 radical (unpaired) electrons. The van der Waals surface area contributed by atoms with Crippen LogP contribution in [0.25, 0.3) is 0 Å². The van der Waals surface area contributed by atoms with E-state index in [-0.39, 0.29) is 17.9 Å². The van der Waals surface area contributed by atoms with Crippen LogP contribution in [0.3, 0.4) is 0 Å². The van der Waals surface area contributed by atoms with Crippen LogP contribution in [0.5, 0.6) is 5.75 Å². The number of ether oxygens (including phenoxy) is 1. The van der Waals surface area contributed by atoms with E-state index in [0.29, 0.717) is 43.3 Å². The van der Waals surface area contributed by atoms with Crippen molar-refractivity contribution >= 4 is 5.91 Å². The number of nitrogens with two attached hydrogens (primary N) is 1. The molecular formula is C18H22N4O3. The fraction of sp³-hybridized carbons (Fsp3) is 0.389. The molecule has 1 amide bonds. The van der Waals surface area contributed by atoms with Gasteiger partial charge in [0.25, 0.3) is 5.56 Å². The Morgan fingerprint density at radius 3 is 2.68 bits per heavy atom. The van der Waals surface area contributed by atoms with Gasteiger partial charge in [-0.25, -0.2) is 4.98 Å². The van der Waals surface area contributed by atoms with E-state index in [9.17, 15) is 9.59 Å². The largest absolute Gasteiger partial charge is 0.492 e. The summed E-state index contributed by atoms with van der Waals surface area (Å²) in [6, 6.07) is 7.40. The molecule has 0 atom stereocenters. The minimum absolute atomic E-state index is 0.0201. The van der Waals surface area contributed by atoms with Crippen LogP contribution in [0.4, 0.5) is 0 Å². The van der Waals surface area contributed by atoms with Crippen LogP contribution in [-0.4, -0.2) is 33.5 Å². The van der Waals surface area contributed by atoms with Gasteiger partial charge in [0.2, 0.25) is 5.91 Å². The number of benzene rings is 1. The third kappa shape index (κ3) is 3.56. The van der Waals surface area contributed by atoms with Gasteiger partial charge in [-0.15, -0.1) is 0 Å². The Hall–Kier alpha value is -2.67. The van der Waals surface area contributed by atoms with Crippen molar-refractivity contribution in [2.24, 2.45) is 12.8 Å². The van der Waals surface area contributed by atoms with E-state index in [1.54, 1.807) is 18.9 Å². The molecule has 7 heteroatoms. The summed E-state index contributed by atoms with van der Waals surface area (Å²) in [5.74, 6) is 1.37. The van der Waals surface area contributed by atoms with Gasteiger partial charge in [0, 0.05) is 13.6 Å². The fourth-order valence-electron chi connectivity index (χ4n) is 2.87. The maximum atomic E-state index is 12.6. The summed E-state index contributed by atoms with van der Waals surface area (Å²) in [5, 5.41) is 0. The number of aromatic nitrogens is 2. The van der Waals surface area contributed by atoms with Gasteiger partial charge in [-0.3, -0.25) is 14.2 Å². The first kappa shape index (κ1) is 17.2. The van der Waals surface area contributed by atoms with Crippen molar-refractivity contribution in [1.82, 2.24) is 14.5 Å². The van der Waals surface area contributed by atoms with Crippen LogP contribution >= 0.6 is 0 Å². The van der Waals surface area contributed by atoms with Gasteiger partial charge in [-0.05, 0) is 24.6 Å². The number of carbonyl (C=O) groups excluding carboxylic acids is 1. The zero-order chi connectivity index (χ0) is 18.0. The number of nitrogens with zero attached hydrogens (tertiary/aromatic N) is 3. The molecule has 0 unspecified atom stereocenters. The van der Waals surface area contributed by atoms with Crippen LogP contribution < -0.4 is 16.0 Å². The number of amides is 1. The molecule has 0 saturated heterocycles. The highest BCUT2D eigenvalue weighted by molar-refractivity contribution is 5.79. The lowest BCUT2D eigenvalue weighted by Crippen LogP contribution is -2.28. The smallest absolute Gasteiger partial charge is 0.258 e. The molecule has 7 nitrogen and oxygen atoms in total. The molecule has 0 aliphatic carbocycles. The number of fused-ring (bicyclic) bond motifs is 1. The Kier molecular flexibility index (Phi) is 4.85. The first-order chi connectivity index (χ1) is 12.0.